The molecule has 3 heterocycles. The van der Waals surface area contributed by atoms with Crippen LogP contribution in [-0.2, 0) is 0 Å². The summed E-state index contributed by atoms with van der Waals surface area (Å²) in [6, 6.07) is 16.0. The predicted molar refractivity (Wildman–Crippen MR) is 130 cm³/mol. The molecule has 0 spiro atoms. The van der Waals surface area contributed by atoms with Crippen LogP contribution < -0.4 is 10.1 Å². The number of para-hydroxylation sites is 1. The number of nitrogens with zero attached hydrogens (tertiary/aromatic N) is 3. The van der Waals surface area contributed by atoms with Gasteiger partial charge in [0.25, 0.3) is 0 Å². The molecular formula is C26H31FN4O2. The van der Waals surface area contributed by atoms with Crippen molar-refractivity contribution in [2.75, 3.05) is 39.3 Å². The van der Waals surface area contributed by atoms with Gasteiger partial charge in [-0.25, -0.2) is 4.39 Å². The lowest BCUT2D eigenvalue weighted by Crippen LogP contribution is -2.29. The lowest BCUT2D eigenvalue weighted by molar-refractivity contribution is 0.224. The maximum absolute atomic E-state index is 13.3. The smallest absolute Gasteiger partial charge is 0.201 e. The van der Waals surface area contributed by atoms with Crippen LogP contribution in [0.25, 0.3) is 10.9 Å². The van der Waals surface area contributed by atoms with Crippen LogP contribution in [0.1, 0.15) is 30.9 Å². The molecule has 33 heavy (non-hydrogen) atoms. The minimum absolute atomic E-state index is 0.282. The van der Waals surface area contributed by atoms with Gasteiger partial charge in [0.05, 0.1) is 16.8 Å². The molecule has 0 radical (unpaired) electrons. The molecule has 5 rings (SSSR count). The van der Waals surface area contributed by atoms with Gasteiger partial charge in [-0.15, -0.1) is 0 Å². The lowest BCUT2D eigenvalue weighted by atomic mass is 10.1. The summed E-state index contributed by atoms with van der Waals surface area (Å²) >= 11 is 0. The largest absolute Gasteiger partial charge is 0.494 e. The quantitative estimate of drug-likeness (QED) is 0.523. The number of alkyl halides is 1. The number of ether oxygens (including phenoxy) is 1. The molecule has 1 atom stereocenters. The van der Waals surface area contributed by atoms with Crippen molar-refractivity contribution in [2.24, 2.45) is 4.99 Å². The molecule has 2 aliphatic rings. The van der Waals surface area contributed by atoms with Crippen molar-refractivity contribution in [3.8, 4) is 11.6 Å². The van der Waals surface area contributed by atoms with Crippen LogP contribution in [0.15, 0.2) is 53.5 Å². The number of hydrogen-bond acceptors (Lipinski definition) is 5. The summed E-state index contributed by atoms with van der Waals surface area (Å²) in [5.74, 6) is 1.06. The molecule has 7 heteroatoms. The van der Waals surface area contributed by atoms with Gasteiger partial charge in [-0.3, -0.25) is 9.89 Å². The van der Waals surface area contributed by atoms with Crippen LogP contribution in [0.5, 0.6) is 11.6 Å². The van der Waals surface area contributed by atoms with Crippen LogP contribution in [0.2, 0.25) is 0 Å². The van der Waals surface area contributed by atoms with E-state index in [1.165, 1.54) is 0 Å². The Labute approximate surface area is 193 Å². The Kier molecular flexibility index (Phi) is 6.60. The zero-order valence-corrected chi connectivity index (χ0v) is 18.8. The second-order valence-electron chi connectivity index (χ2n) is 8.89. The molecule has 0 aliphatic carbocycles. The number of hydrogen-bond donors (Lipinski definition) is 2. The highest BCUT2D eigenvalue weighted by atomic mass is 19.1. The van der Waals surface area contributed by atoms with E-state index < -0.39 is 6.17 Å². The van der Waals surface area contributed by atoms with Gasteiger partial charge in [0, 0.05) is 37.3 Å². The molecule has 174 valence electrons. The van der Waals surface area contributed by atoms with E-state index in [9.17, 15) is 9.50 Å². The monoisotopic (exact) mass is 450 g/mol. The average molecular weight is 451 g/mol. The minimum Gasteiger partial charge on any atom is -0.494 e. The summed E-state index contributed by atoms with van der Waals surface area (Å²) in [5, 5.41) is 15.5. The minimum atomic E-state index is -0.699. The van der Waals surface area contributed by atoms with Gasteiger partial charge in [0.2, 0.25) is 5.88 Å². The van der Waals surface area contributed by atoms with E-state index in [-0.39, 0.29) is 11.9 Å². The third-order valence-corrected chi connectivity index (χ3v) is 6.67. The van der Waals surface area contributed by atoms with E-state index in [2.05, 4.69) is 25.8 Å². The first-order chi connectivity index (χ1) is 16.2. The van der Waals surface area contributed by atoms with Crippen molar-refractivity contribution >= 4 is 22.8 Å². The second-order valence-corrected chi connectivity index (χ2v) is 8.89. The lowest BCUT2D eigenvalue weighted by Gasteiger charge is -2.25. The molecule has 6 nitrogen and oxygen atoms in total. The summed E-state index contributed by atoms with van der Waals surface area (Å²) in [7, 11) is 0. The molecule has 1 unspecified atom stereocenters. The van der Waals surface area contributed by atoms with Gasteiger partial charge < -0.3 is 19.7 Å². The fraction of sp³-hybridized carbons (Fsp3) is 0.423. The standard InChI is InChI=1S/C26H31FN4O2/c27-19-11-14-30(18-19)15-16-33-22-7-5-20(6-8-22)29-17-24-23-3-1-2-4-25(23)31(26(24)32)21-9-12-28-13-10-21/h1-8,17,19,21,28,32H,9-16,18H2. The average Bonchev–Trinajstić information content (AvgIpc) is 3.39. The van der Waals surface area contributed by atoms with Crippen LogP contribution in [0.4, 0.5) is 10.1 Å². The maximum atomic E-state index is 13.3. The molecule has 0 bridgehead atoms. The normalized spacial score (nSPS) is 20.2. The molecule has 1 aromatic heterocycles. The molecule has 0 saturated carbocycles. The zero-order chi connectivity index (χ0) is 22.6. The third-order valence-electron chi connectivity index (χ3n) is 6.67. The third kappa shape index (κ3) is 4.89. The number of fused-ring (bicyclic) bond motifs is 1. The fourth-order valence-electron chi connectivity index (χ4n) is 4.89. The van der Waals surface area contributed by atoms with Crippen molar-refractivity contribution in [1.82, 2.24) is 14.8 Å². The molecule has 2 saturated heterocycles. The number of nitrogens with one attached hydrogen (secondary N) is 1. The summed E-state index contributed by atoms with van der Waals surface area (Å²) in [5.41, 5.74) is 2.59. The van der Waals surface area contributed by atoms with E-state index >= 15 is 0 Å². The first-order valence-corrected chi connectivity index (χ1v) is 11.8. The first-order valence-electron chi connectivity index (χ1n) is 11.8. The Morgan fingerprint density at radius 1 is 1.09 bits per heavy atom. The highest BCUT2D eigenvalue weighted by Crippen LogP contribution is 2.36. The van der Waals surface area contributed by atoms with Crippen LogP contribution >= 0.6 is 0 Å². The number of halogens is 1. The number of aromatic hydroxyl groups is 1. The highest BCUT2D eigenvalue weighted by Gasteiger charge is 2.23. The Bertz CT molecular complexity index is 1110. The van der Waals surface area contributed by atoms with Crippen LogP contribution in [0.3, 0.4) is 0 Å². The number of aliphatic imine (C=N–C) groups is 1. The number of aromatic nitrogens is 1. The summed E-state index contributed by atoms with van der Waals surface area (Å²) < 4.78 is 21.1. The Morgan fingerprint density at radius 3 is 2.64 bits per heavy atom. The Hall–Kier alpha value is -2.90. The predicted octanol–water partition coefficient (Wildman–Crippen LogP) is 4.44. The molecular weight excluding hydrogens is 419 g/mol. The van der Waals surface area contributed by atoms with Gasteiger partial charge in [0.15, 0.2) is 0 Å². The number of likely N-dealkylation sites (tertiary alicyclic amines) is 1. The van der Waals surface area contributed by atoms with E-state index in [0.29, 0.717) is 19.6 Å². The summed E-state index contributed by atoms with van der Waals surface area (Å²) in [6.07, 6.45) is 3.67. The molecule has 2 aliphatic heterocycles. The second kappa shape index (κ2) is 9.93. The van der Waals surface area contributed by atoms with Crippen molar-refractivity contribution in [2.45, 2.75) is 31.5 Å². The Balaban J connectivity index is 1.28. The highest BCUT2D eigenvalue weighted by molar-refractivity contribution is 6.03. The van der Waals surface area contributed by atoms with Gasteiger partial charge in [0.1, 0.15) is 18.5 Å². The molecule has 3 aromatic rings. The van der Waals surface area contributed by atoms with E-state index in [4.69, 9.17) is 4.74 Å². The number of piperidine rings is 1. The van der Waals surface area contributed by atoms with E-state index in [1.54, 1.807) is 6.21 Å². The summed E-state index contributed by atoms with van der Waals surface area (Å²) in [4.78, 5) is 6.72. The summed E-state index contributed by atoms with van der Waals surface area (Å²) in [6.45, 7) is 4.52. The van der Waals surface area contributed by atoms with E-state index in [1.807, 2.05) is 42.5 Å². The van der Waals surface area contributed by atoms with Crippen molar-refractivity contribution in [3.05, 3.63) is 54.1 Å². The topological polar surface area (TPSA) is 62.0 Å². The van der Waals surface area contributed by atoms with Crippen LogP contribution in [-0.4, -0.2) is 66.3 Å². The molecule has 2 fully saturated rings. The molecule has 2 N–H and O–H groups in total. The fourth-order valence-corrected chi connectivity index (χ4v) is 4.89. The van der Waals surface area contributed by atoms with Crippen molar-refractivity contribution < 1.29 is 14.2 Å². The SMILES string of the molecule is Oc1c(C=Nc2ccc(OCCN3CCC(F)C3)cc2)c2ccccc2n1C1CCNCC1. The van der Waals surface area contributed by atoms with Gasteiger partial charge >= 0.3 is 0 Å². The molecule has 0 amide bonds. The Morgan fingerprint density at radius 2 is 1.88 bits per heavy atom. The number of benzene rings is 2. The van der Waals surface area contributed by atoms with Crippen molar-refractivity contribution in [3.63, 3.8) is 0 Å². The van der Waals surface area contributed by atoms with E-state index in [0.717, 1.165) is 66.9 Å². The number of rotatable bonds is 7. The zero-order valence-electron chi connectivity index (χ0n) is 18.8. The van der Waals surface area contributed by atoms with Crippen molar-refractivity contribution in [1.29, 1.82) is 0 Å². The van der Waals surface area contributed by atoms with Gasteiger partial charge in [-0.2, -0.15) is 0 Å². The molecule has 2 aromatic carbocycles. The van der Waals surface area contributed by atoms with Gasteiger partial charge in [-0.1, -0.05) is 18.2 Å². The first kappa shape index (κ1) is 21.9. The maximum Gasteiger partial charge on any atom is 0.201 e. The van der Waals surface area contributed by atoms with Gasteiger partial charge in [-0.05, 0) is 62.7 Å². The van der Waals surface area contributed by atoms with Crippen LogP contribution in [0, 0.1) is 0 Å².